The number of furan rings is 2. The lowest BCUT2D eigenvalue weighted by molar-refractivity contribution is 0.669. The van der Waals surface area contributed by atoms with Crippen molar-refractivity contribution in [1.82, 2.24) is 4.57 Å². The van der Waals surface area contributed by atoms with Gasteiger partial charge >= 0.3 is 0 Å². The highest BCUT2D eigenvalue weighted by atomic mass is 16.3. The van der Waals surface area contributed by atoms with Crippen molar-refractivity contribution in [3.63, 3.8) is 0 Å². The van der Waals surface area contributed by atoms with E-state index in [0.29, 0.717) is 0 Å². The zero-order valence-electron chi connectivity index (χ0n) is 64.3. The highest BCUT2D eigenvalue weighted by Crippen LogP contribution is 2.52. The molecule has 3 heteroatoms. The average Bonchev–Trinajstić information content (AvgIpc) is 1.72. The lowest BCUT2D eigenvalue weighted by Gasteiger charge is -2.22. The summed E-state index contributed by atoms with van der Waals surface area (Å²) in [6.45, 7) is 0. The van der Waals surface area contributed by atoms with Crippen molar-refractivity contribution in [1.29, 1.82) is 0 Å². The molecule has 0 bridgehead atoms. The molecule has 0 saturated heterocycles. The van der Waals surface area contributed by atoms with Gasteiger partial charge in [0.15, 0.2) is 0 Å². The summed E-state index contributed by atoms with van der Waals surface area (Å²) < 4.78 is 15.9. The molecule has 1 aliphatic rings. The maximum absolute atomic E-state index is 6.87. The number of rotatable bonds is 10. The fourth-order valence-corrected chi connectivity index (χ4v) is 19.7. The number of para-hydroxylation sites is 3. The van der Waals surface area contributed by atoms with E-state index in [0.717, 1.165) is 90.4 Å². The van der Waals surface area contributed by atoms with Gasteiger partial charge in [-0.25, -0.2) is 0 Å². The Labute approximate surface area is 677 Å². The van der Waals surface area contributed by atoms with E-state index >= 15 is 0 Å². The molecule has 1 aliphatic carbocycles. The summed E-state index contributed by atoms with van der Waals surface area (Å²) in [5.74, 6) is 0. The Morgan fingerprint density at radius 3 is 1.24 bits per heavy atom. The maximum Gasteiger partial charge on any atom is 0.143 e. The second-order valence-corrected chi connectivity index (χ2v) is 31.3. The van der Waals surface area contributed by atoms with Gasteiger partial charge in [0.25, 0.3) is 0 Å². The van der Waals surface area contributed by atoms with Crippen LogP contribution in [0.4, 0.5) is 0 Å². The van der Waals surface area contributed by atoms with Gasteiger partial charge in [0, 0.05) is 54.7 Å². The maximum atomic E-state index is 6.87. The molecule has 0 N–H and O–H groups in total. The van der Waals surface area contributed by atoms with Crippen LogP contribution >= 0.6 is 0 Å². The second kappa shape index (κ2) is 28.0. The van der Waals surface area contributed by atoms with Crippen LogP contribution in [0.25, 0.3) is 225 Å². The fraction of sp³-hybridized carbons (Fsp3) is 0.0351. The fourth-order valence-electron chi connectivity index (χ4n) is 19.7. The van der Waals surface area contributed by atoms with Crippen molar-refractivity contribution in [2.75, 3.05) is 0 Å². The van der Waals surface area contributed by atoms with Crippen LogP contribution in [0.15, 0.2) is 415 Å². The minimum absolute atomic E-state index is 0.879. The molecule has 3 nitrogen and oxygen atoms in total. The van der Waals surface area contributed by atoms with Crippen LogP contribution in [0.3, 0.4) is 0 Å². The molecule has 548 valence electrons. The van der Waals surface area contributed by atoms with Crippen LogP contribution in [-0.4, -0.2) is 4.57 Å². The van der Waals surface area contributed by atoms with Gasteiger partial charge in [-0.2, -0.15) is 0 Å². The highest BCUT2D eigenvalue weighted by Gasteiger charge is 2.27. The van der Waals surface area contributed by atoms with Gasteiger partial charge in [0.2, 0.25) is 0 Å². The molecule has 117 heavy (non-hydrogen) atoms. The SMILES string of the molecule is c1ccc(-c2c3ccccc3c(-c3cccc(-c4ccc5oc6c(-c7ccccc7)cccc6c5c4-c4cccc5c4CCCC5)c3)c3ccccc23)cc1.c1ccc(-c2c3ccccc3c(-c3cccc(-c4ccc5oc6ccccc6c5c4-c4ccc5c6ccccc6n(-c6ccc7ccccc7c6)c5c4)c3)c3ccccc23)cc1. The quantitative estimate of drug-likeness (QED) is 0.128. The van der Waals surface area contributed by atoms with Crippen molar-refractivity contribution in [2.24, 2.45) is 0 Å². The summed E-state index contributed by atoms with van der Waals surface area (Å²) >= 11 is 0. The van der Waals surface area contributed by atoms with Gasteiger partial charge in [0.1, 0.15) is 22.3 Å². The van der Waals surface area contributed by atoms with E-state index in [1.54, 1.807) is 0 Å². The predicted octanol–water partition coefficient (Wildman–Crippen LogP) is 31.9. The predicted molar refractivity (Wildman–Crippen MR) is 495 cm³/mol. The van der Waals surface area contributed by atoms with Crippen molar-refractivity contribution in [3.05, 3.63) is 418 Å². The number of aromatic nitrogens is 1. The summed E-state index contributed by atoms with van der Waals surface area (Å²) in [5.41, 5.74) is 32.0. The van der Waals surface area contributed by atoms with Crippen LogP contribution in [0.2, 0.25) is 0 Å². The zero-order chi connectivity index (χ0) is 77.0. The standard InChI is InChI=1S/C60H37NO.C54H38O/c1-2-16-39(17-3-1)57-48-22-6-8-24-50(48)58(51-25-9-7-23-49(51)57)42-20-14-19-41(35-42)45-33-34-56-60(52-26-11-13-28-55(52)62-56)59(45)43-30-32-47-46-21-10-12-27-53(46)61(54(47)37-43)44-31-29-38-15-4-5-18-40(38)36-44;1-3-16-36(17-4-1)42-29-15-31-48-53-49(55-54(42)48)33-32-41(52(53)43-30-14-21-35-18-7-8-24-40(35)43)38-22-13-23-39(34-38)51-46-27-11-9-25-44(46)50(37-19-5-2-6-20-37)45-26-10-12-28-47(45)51/h1-37H;1-6,9-17,19-23,25-34H,7-8,18,24H2. The summed E-state index contributed by atoms with van der Waals surface area (Å²) in [4.78, 5) is 0. The summed E-state index contributed by atoms with van der Waals surface area (Å²) in [5, 5.41) is 19.5. The Morgan fingerprint density at radius 2 is 0.632 bits per heavy atom. The Morgan fingerprint density at radius 1 is 0.205 bits per heavy atom. The van der Waals surface area contributed by atoms with E-state index in [4.69, 9.17) is 8.83 Å². The Kier molecular flexibility index (Phi) is 16.2. The van der Waals surface area contributed by atoms with Crippen LogP contribution < -0.4 is 0 Å². The Balaban J connectivity index is 0.000000139. The molecule has 0 fully saturated rings. The lowest BCUT2D eigenvalue weighted by Crippen LogP contribution is -2.04. The number of fused-ring (bicyclic) bond motifs is 15. The first-order chi connectivity index (χ1) is 58.1. The lowest BCUT2D eigenvalue weighted by atomic mass is 9.81. The van der Waals surface area contributed by atoms with Crippen molar-refractivity contribution >= 4 is 120 Å². The van der Waals surface area contributed by atoms with Crippen LogP contribution in [-0.2, 0) is 12.8 Å². The van der Waals surface area contributed by atoms with Crippen molar-refractivity contribution in [3.8, 4) is 106 Å². The molecule has 0 spiro atoms. The van der Waals surface area contributed by atoms with Gasteiger partial charge in [-0.3, -0.25) is 0 Å². The highest BCUT2D eigenvalue weighted by molar-refractivity contribution is 6.25. The smallest absolute Gasteiger partial charge is 0.143 e. The van der Waals surface area contributed by atoms with E-state index in [2.05, 4.69) is 411 Å². The molecule has 0 aliphatic heterocycles. The number of benzene rings is 20. The molecule has 3 heterocycles. The normalized spacial score (nSPS) is 12.3. The number of hydrogen-bond donors (Lipinski definition) is 0. The molecule has 0 radical (unpaired) electrons. The van der Waals surface area contributed by atoms with Crippen LogP contribution in [0.1, 0.15) is 24.0 Å². The monoisotopic (exact) mass is 1490 g/mol. The van der Waals surface area contributed by atoms with E-state index in [9.17, 15) is 0 Å². The first-order valence-corrected chi connectivity index (χ1v) is 40.9. The third-order valence-corrected chi connectivity index (χ3v) is 24.8. The third-order valence-electron chi connectivity index (χ3n) is 24.8. The summed E-state index contributed by atoms with van der Waals surface area (Å²) in [6, 6.07) is 149. The zero-order valence-corrected chi connectivity index (χ0v) is 64.3. The van der Waals surface area contributed by atoms with E-state index in [1.807, 2.05) is 0 Å². The van der Waals surface area contributed by atoms with Gasteiger partial charge in [-0.1, -0.05) is 352 Å². The first-order valence-electron chi connectivity index (χ1n) is 40.9. The minimum Gasteiger partial charge on any atom is -0.456 e. The molecule has 0 amide bonds. The largest absolute Gasteiger partial charge is 0.456 e. The third kappa shape index (κ3) is 11.2. The van der Waals surface area contributed by atoms with Gasteiger partial charge in [-0.05, 0) is 229 Å². The topological polar surface area (TPSA) is 31.2 Å². The van der Waals surface area contributed by atoms with E-state index in [1.165, 1.54) is 172 Å². The van der Waals surface area contributed by atoms with Gasteiger partial charge in [0.05, 0.1) is 11.0 Å². The molecule has 0 atom stereocenters. The van der Waals surface area contributed by atoms with E-state index in [-0.39, 0.29) is 0 Å². The van der Waals surface area contributed by atoms with Crippen molar-refractivity contribution in [2.45, 2.75) is 25.7 Å². The van der Waals surface area contributed by atoms with Crippen molar-refractivity contribution < 1.29 is 8.83 Å². The molecule has 0 saturated carbocycles. The number of nitrogens with zero attached hydrogens (tertiary/aromatic N) is 1. The Hall–Kier alpha value is -14.9. The van der Waals surface area contributed by atoms with Crippen LogP contribution in [0.5, 0.6) is 0 Å². The van der Waals surface area contributed by atoms with Crippen LogP contribution in [0, 0.1) is 0 Å². The van der Waals surface area contributed by atoms with Gasteiger partial charge in [-0.15, -0.1) is 0 Å². The summed E-state index contributed by atoms with van der Waals surface area (Å²) in [7, 11) is 0. The average molecular weight is 1490 g/mol. The molecule has 23 aromatic rings. The number of aryl methyl sites for hydroxylation is 1. The molecular formula is C114H75NO2. The second-order valence-electron chi connectivity index (χ2n) is 31.3. The molecule has 0 unspecified atom stereocenters. The summed E-state index contributed by atoms with van der Waals surface area (Å²) in [6.07, 6.45) is 4.69. The Bertz CT molecular complexity index is 7820. The minimum atomic E-state index is 0.879. The molecular weight excluding hydrogens is 1420 g/mol. The molecule has 24 rings (SSSR count). The first kappa shape index (κ1) is 67.8. The molecule has 3 aromatic heterocycles. The van der Waals surface area contributed by atoms with Gasteiger partial charge < -0.3 is 13.4 Å². The van der Waals surface area contributed by atoms with E-state index < -0.39 is 0 Å². The number of hydrogen-bond acceptors (Lipinski definition) is 2. The molecule has 20 aromatic carbocycles.